The minimum atomic E-state index is -0.381. The van der Waals surface area contributed by atoms with Crippen LogP contribution in [-0.2, 0) is 9.53 Å². The van der Waals surface area contributed by atoms with E-state index < -0.39 is 0 Å². The van der Waals surface area contributed by atoms with Crippen LogP contribution in [0.15, 0.2) is 0 Å². The molecule has 0 aromatic heterocycles. The summed E-state index contributed by atoms with van der Waals surface area (Å²) in [6.45, 7) is 5.44. The van der Waals surface area contributed by atoms with Crippen LogP contribution in [0.5, 0.6) is 0 Å². The predicted octanol–water partition coefficient (Wildman–Crippen LogP) is 0.799. The number of nitrogens with two attached hydrogens (primary N) is 1. The second-order valence-electron chi connectivity index (χ2n) is 4.60. The zero-order chi connectivity index (χ0) is 11.3. The van der Waals surface area contributed by atoms with Crippen LogP contribution in [-0.4, -0.2) is 30.7 Å². The molecule has 0 spiro atoms. The normalized spacial score (nSPS) is 28.5. The minimum absolute atomic E-state index is 0.0511. The molecule has 1 amide bonds. The number of carbonyl (C=O) groups is 1. The molecule has 1 saturated heterocycles. The zero-order valence-corrected chi connectivity index (χ0v) is 9.71. The predicted molar refractivity (Wildman–Crippen MR) is 59.5 cm³/mol. The van der Waals surface area contributed by atoms with Gasteiger partial charge >= 0.3 is 0 Å². The maximum Gasteiger partial charge on any atom is 0.237 e. The van der Waals surface area contributed by atoms with Crippen molar-refractivity contribution >= 4 is 5.91 Å². The summed E-state index contributed by atoms with van der Waals surface area (Å²) in [6, 6.07) is -0.381. The lowest BCUT2D eigenvalue weighted by molar-refractivity contribution is -0.126. The molecule has 88 valence electrons. The van der Waals surface area contributed by atoms with Crippen LogP contribution in [0.25, 0.3) is 0 Å². The second kappa shape index (κ2) is 5.47. The highest BCUT2D eigenvalue weighted by atomic mass is 16.5. The molecule has 4 heteroatoms. The molecule has 0 radical (unpaired) electrons. The highest BCUT2D eigenvalue weighted by molar-refractivity contribution is 5.82. The molecule has 1 heterocycles. The van der Waals surface area contributed by atoms with E-state index in [1.807, 2.05) is 13.8 Å². The fourth-order valence-electron chi connectivity index (χ4n) is 1.86. The summed E-state index contributed by atoms with van der Waals surface area (Å²) in [4.78, 5) is 11.7. The Morgan fingerprint density at radius 1 is 1.67 bits per heavy atom. The monoisotopic (exact) mass is 214 g/mol. The van der Waals surface area contributed by atoms with Gasteiger partial charge in [-0.2, -0.15) is 0 Å². The molecule has 1 unspecified atom stereocenters. The molecule has 1 fully saturated rings. The van der Waals surface area contributed by atoms with Crippen molar-refractivity contribution in [3.63, 3.8) is 0 Å². The van der Waals surface area contributed by atoms with Gasteiger partial charge in [-0.3, -0.25) is 4.79 Å². The number of rotatable bonds is 4. The molecule has 15 heavy (non-hydrogen) atoms. The molecule has 0 aromatic carbocycles. The maximum absolute atomic E-state index is 11.7. The van der Waals surface area contributed by atoms with Gasteiger partial charge in [0, 0.05) is 6.61 Å². The van der Waals surface area contributed by atoms with Gasteiger partial charge in [-0.05, 0) is 26.2 Å². The van der Waals surface area contributed by atoms with Crippen molar-refractivity contribution < 1.29 is 9.53 Å². The average molecular weight is 214 g/mol. The molecule has 1 rings (SSSR count). The van der Waals surface area contributed by atoms with Gasteiger partial charge in [0.15, 0.2) is 0 Å². The molecule has 0 aromatic rings. The molecule has 1 aliphatic heterocycles. The molecule has 3 N–H and O–H groups in total. The van der Waals surface area contributed by atoms with Crippen molar-refractivity contribution in [2.45, 2.75) is 51.1 Å². The summed E-state index contributed by atoms with van der Waals surface area (Å²) >= 11 is 0. The van der Waals surface area contributed by atoms with Gasteiger partial charge < -0.3 is 15.8 Å². The summed E-state index contributed by atoms with van der Waals surface area (Å²) in [6.07, 6.45) is 3.64. The Morgan fingerprint density at radius 3 is 2.93 bits per heavy atom. The van der Waals surface area contributed by atoms with Crippen molar-refractivity contribution in [2.75, 3.05) is 13.2 Å². The fourth-order valence-corrected chi connectivity index (χ4v) is 1.86. The summed E-state index contributed by atoms with van der Waals surface area (Å²) < 4.78 is 5.37. The Labute approximate surface area is 91.5 Å². The van der Waals surface area contributed by atoms with Gasteiger partial charge in [0.2, 0.25) is 5.91 Å². The topological polar surface area (TPSA) is 64.4 Å². The average Bonchev–Trinajstić information content (AvgIpc) is 2.18. The van der Waals surface area contributed by atoms with Gasteiger partial charge in [0.25, 0.3) is 0 Å². The summed E-state index contributed by atoms with van der Waals surface area (Å²) in [7, 11) is 0. The first-order valence-corrected chi connectivity index (χ1v) is 5.73. The van der Waals surface area contributed by atoms with E-state index in [4.69, 9.17) is 10.5 Å². The number of carbonyl (C=O) groups excluding carboxylic acids is 1. The molecule has 0 saturated carbocycles. The summed E-state index contributed by atoms with van der Waals surface area (Å²) in [5, 5.41) is 2.99. The van der Waals surface area contributed by atoms with Crippen molar-refractivity contribution in [1.29, 1.82) is 0 Å². The second-order valence-corrected chi connectivity index (χ2v) is 4.60. The first kappa shape index (κ1) is 12.5. The largest absolute Gasteiger partial charge is 0.379 e. The van der Waals surface area contributed by atoms with Crippen molar-refractivity contribution in [3.05, 3.63) is 0 Å². The Hall–Kier alpha value is -0.610. The molecule has 2 atom stereocenters. The summed E-state index contributed by atoms with van der Waals surface area (Å²) in [5.41, 5.74) is 5.53. The van der Waals surface area contributed by atoms with Crippen LogP contribution in [0.3, 0.4) is 0 Å². The van der Waals surface area contributed by atoms with Gasteiger partial charge in [-0.25, -0.2) is 0 Å². The van der Waals surface area contributed by atoms with E-state index in [0.717, 1.165) is 32.3 Å². The molecule has 0 bridgehead atoms. The van der Waals surface area contributed by atoms with E-state index in [1.54, 1.807) is 0 Å². The number of ether oxygens (including phenoxy) is 1. The molecule has 4 nitrogen and oxygen atoms in total. The quantitative estimate of drug-likeness (QED) is 0.727. The Morgan fingerprint density at radius 2 is 2.40 bits per heavy atom. The lowest BCUT2D eigenvalue weighted by atomic mass is 9.94. The lowest BCUT2D eigenvalue weighted by Gasteiger charge is -2.35. The Balaban J connectivity index is 2.41. The van der Waals surface area contributed by atoms with Crippen LogP contribution < -0.4 is 11.1 Å². The highest BCUT2D eigenvalue weighted by Crippen LogP contribution is 2.18. The number of nitrogens with one attached hydrogen (secondary N) is 1. The van der Waals surface area contributed by atoms with Gasteiger partial charge in [-0.15, -0.1) is 0 Å². The van der Waals surface area contributed by atoms with Gasteiger partial charge in [0.05, 0.1) is 18.2 Å². The van der Waals surface area contributed by atoms with Crippen molar-refractivity contribution in [2.24, 2.45) is 5.73 Å². The number of hydrogen-bond donors (Lipinski definition) is 2. The van der Waals surface area contributed by atoms with E-state index in [-0.39, 0.29) is 17.5 Å². The number of hydrogen-bond acceptors (Lipinski definition) is 3. The smallest absolute Gasteiger partial charge is 0.237 e. The Bertz CT molecular complexity index is 213. The van der Waals surface area contributed by atoms with E-state index in [9.17, 15) is 4.79 Å². The first-order valence-electron chi connectivity index (χ1n) is 5.73. The van der Waals surface area contributed by atoms with E-state index in [1.165, 1.54) is 0 Å². The SMILES string of the molecule is CCC[C@@H](N)C(=O)NC1(C)CCCOC1. The van der Waals surface area contributed by atoms with Crippen LogP contribution >= 0.6 is 0 Å². The maximum atomic E-state index is 11.7. The van der Waals surface area contributed by atoms with Gasteiger partial charge in [-0.1, -0.05) is 13.3 Å². The van der Waals surface area contributed by atoms with E-state index in [0.29, 0.717) is 6.61 Å². The molecule has 1 aliphatic rings. The van der Waals surface area contributed by atoms with Crippen LogP contribution in [0.4, 0.5) is 0 Å². The van der Waals surface area contributed by atoms with Crippen LogP contribution in [0.1, 0.15) is 39.5 Å². The van der Waals surface area contributed by atoms with Crippen LogP contribution in [0, 0.1) is 0 Å². The minimum Gasteiger partial charge on any atom is -0.379 e. The third kappa shape index (κ3) is 3.80. The van der Waals surface area contributed by atoms with E-state index in [2.05, 4.69) is 5.32 Å². The molecular formula is C11H22N2O2. The fraction of sp³-hybridized carbons (Fsp3) is 0.909. The molecule has 0 aliphatic carbocycles. The van der Waals surface area contributed by atoms with E-state index >= 15 is 0 Å². The third-order valence-corrected chi connectivity index (χ3v) is 2.80. The molecular weight excluding hydrogens is 192 g/mol. The van der Waals surface area contributed by atoms with Crippen LogP contribution in [0.2, 0.25) is 0 Å². The standard InChI is InChI=1S/C11H22N2O2/c1-3-5-9(12)10(14)13-11(2)6-4-7-15-8-11/h9H,3-8,12H2,1-2H3,(H,13,14)/t9-,11?/m1/s1. The van der Waals surface area contributed by atoms with Crippen molar-refractivity contribution in [3.8, 4) is 0 Å². The van der Waals surface area contributed by atoms with Crippen molar-refractivity contribution in [1.82, 2.24) is 5.32 Å². The highest BCUT2D eigenvalue weighted by Gasteiger charge is 2.30. The third-order valence-electron chi connectivity index (χ3n) is 2.80. The Kier molecular flexibility index (Phi) is 4.54. The lowest BCUT2D eigenvalue weighted by Crippen LogP contribution is -2.55. The summed E-state index contributed by atoms with van der Waals surface area (Å²) in [5.74, 6) is -0.0511. The van der Waals surface area contributed by atoms with Gasteiger partial charge in [0.1, 0.15) is 0 Å². The first-order chi connectivity index (χ1) is 7.07. The zero-order valence-electron chi connectivity index (χ0n) is 9.71. The number of amides is 1.